The van der Waals surface area contributed by atoms with Crippen LogP contribution in [0, 0.1) is 5.82 Å². The van der Waals surface area contributed by atoms with Gasteiger partial charge in [-0.05, 0) is 18.2 Å². The fourth-order valence-corrected chi connectivity index (χ4v) is 3.54. The number of rotatable bonds is 4. The van der Waals surface area contributed by atoms with E-state index in [1.807, 2.05) is 36.5 Å². The van der Waals surface area contributed by atoms with Gasteiger partial charge in [0.2, 0.25) is 12.7 Å². The van der Waals surface area contributed by atoms with Gasteiger partial charge in [-0.1, -0.05) is 18.2 Å². The third-order valence-electron chi connectivity index (χ3n) is 4.99. The van der Waals surface area contributed by atoms with E-state index in [0.29, 0.717) is 30.4 Å². The molecular weight excluding hydrogens is 359 g/mol. The summed E-state index contributed by atoms with van der Waals surface area (Å²) < 4.78 is 24.6. The molecule has 0 bridgehead atoms. The minimum atomic E-state index is -0.159. The number of ether oxygens (including phenoxy) is 2. The minimum absolute atomic E-state index is 0.159. The summed E-state index contributed by atoms with van der Waals surface area (Å²) in [5.41, 5.74) is 3.68. The number of nitrogens with one attached hydrogen (secondary N) is 1. The van der Waals surface area contributed by atoms with Crippen molar-refractivity contribution in [3.05, 3.63) is 71.3 Å². The maximum Gasteiger partial charge on any atom is 0.231 e. The quantitative estimate of drug-likeness (QED) is 0.748. The summed E-state index contributed by atoms with van der Waals surface area (Å²) in [6.07, 6.45) is 2.66. The molecule has 142 valence electrons. The van der Waals surface area contributed by atoms with Crippen LogP contribution in [0.1, 0.15) is 16.8 Å². The maximum absolute atomic E-state index is 13.9. The Bertz CT molecular complexity index is 1030. The van der Waals surface area contributed by atoms with E-state index in [4.69, 9.17) is 9.47 Å². The van der Waals surface area contributed by atoms with Crippen molar-refractivity contribution in [2.45, 2.75) is 19.5 Å². The number of halogens is 1. The van der Waals surface area contributed by atoms with Crippen LogP contribution in [0.2, 0.25) is 0 Å². The van der Waals surface area contributed by atoms with E-state index in [2.05, 4.69) is 20.2 Å². The second-order valence-corrected chi connectivity index (χ2v) is 6.91. The summed E-state index contributed by atoms with van der Waals surface area (Å²) >= 11 is 0. The zero-order valence-electron chi connectivity index (χ0n) is 15.2. The third kappa shape index (κ3) is 3.36. The molecule has 0 amide bonds. The van der Waals surface area contributed by atoms with Gasteiger partial charge < -0.3 is 14.8 Å². The molecule has 1 N–H and O–H groups in total. The van der Waals surface area contributed by atoms with Gasteiger partial charge in [-0.2, -0.15) is 0 Å². The Balaban J connectivity index is 1.29. The normalized spacial score (nSPS) is 15.3. The smallest absolute Gasteiger partial charge is 0.231 e. The van der Waals surface area contributed by atoms with E-state index >= 15 is 0 Å². The summed E-state index contributed by atoms with van der Waals surface area (Å²) in [6.45, 7) is 2.39. The summed E-state index contributed by atoms with van der Waals surface area (Å²) in [5, 5.41) is 3.22. The lowest BCUT2D eigenvalue weighted by atomic mass is 10.1. The van der Waals surface area contributed by atoms with E-state index < -0.39 is 0 Å². The molecule has 0 atom stereocenters. The van der Waals surface area contributed by atoms with E-state index in [-0.39, 0.29) is 12.6 Å². The Labute approximate surface area is 162 Å². The highest BCUT2D eigenvalue weighted by molar-refractivity contribution is 5.60. The zero-order valence-corrected chi connectivity index (χ0v) is 15.2. The van der Waals surface area contributed by atoms with Gasteiger partial charge in [0.25, 0.3) is 0 Å². The van der Waals surface area contributed by atoms with Gasteiger partial charge in [-0.15, -0.1) is 0 Å². The van der Waals surface area contributed by atoms with Crippen molar-refractivity contribution in [2.75, 3.05) is 18.7 Å². The third-order valence-corrected chi connectivity index (χ3v) is 4.99. The monoisotopic (exact) mass is 378 g/mol. The molecule has 0 spiro atoms. The van der Waals surface area contributed by atoms with Crippen LogP contribution in [0.3, 0.4) is 0 Å². The summed E-state index contributed by atoms with van der Waals surface area (Å²) in [7, 11) is 0. The molecule has 2 aliphatic rings. The van der Waals surface area contributed by atoms with Crippen LogP contribution in [-0.4, -0.2) is 28.2 Å². The van der Waals surface area contributed by atoms with Gasteiger partial charge in [0.1, 0.15) is 5.82 Å². The molecule has 6 nitrogen and oxygen atoms in total. The van der Waals surface area contributed by atoms with Crippen LogP contribution in [0.4, 0.5) is 16.0 Å². The Morgan fingerprint density at radius 3 is 2.93 bits per heavy atom. The van der Waals surface area contributed by atoms with Gasteiger partial charge in [-0.3, -0.25) is 4.90 Å². The Hall–Kier alpha value is -3.19. The van der Waals surface area contributed by atoms with Crippen molar-refractivity contribution in [2.24, 2.45) is 0 Å². The first-order valence-corrected chi connectivity index (χ1v) is 9.22. The molecule has 0 unspecified atom stereocenters. The number of benzene rings is 2. The highest BCUT2D eigenvalue weighted by Crippen LogP contribution is 2.34. The predicted octanol–water partition coefficient (Wildman–Crippen LogP) is 3.65. The molecule has 1 aromatic heterocycles. The molecule has 3 heterocycles. The molecule has 7 heteroatoms. The number of aromatic nitrogens is 2. The first-order valence-electron chi connectivity index (χ1n) is 9.22. The standard InChI is InChI=1S/C21H19FN4O2/c22-17-4-2-1-3-14(17)11-26-8-7-18-15(12-26)10-23-21(25-18)24-16-5-6-19-20(9-16)28-13-27-19/h1-6,9-10H,7-8,11-13H2,(H,23,24,25). The Morgan fingerprint density at radius 1 is 1.11 bits per heavy atom. The zero-order chi connectivity index (χ0) is 18.9. The molecule has 0 radical (unpaired) electrons. The highest BCUT2D eigenvalue weighted by Gasteiger charge is 2.20. The molecule has 2 aliphatic heterocycles. The number of hydrogen-bond donors (Lipinski definition) is 1. The van der Waals surface area contributed by atoms with Crippen molar-refractivity contribution in [1.82, 2.24) is 14.9 Å². The lowest BCUT2D eigenvalue weighted by molar-refractivity contribution is 0.174. The fourth-order valence-electron chi connectivity index (χ4n) is 3.54. The lowest BCUT2D eigenvalue weighted by Crippen LogP contribution is -2.31. The summed E-state index contributed by atoms with van der Waals surface area (Å²) in [4.78, 5) is 11.3. The summed E-state index contributed by atoms with van der Waals surface area (Å²) in [5.74, 6) is 1.85. The number of nitrogens with zero attached hydrogens (tertiary/aromatic N) is 3. The second-order valence-electron chi connectivity index (χ2n) is 6.91. The van der Waals surface area contributed by atoms with E-state index in [1.54, 1.807) is 6.07 Å². The van der Waals surface area contributed by atoms with Crippen LogP contribution >= 0.6 is 0 Å². The average Bonchev–Trinajstić information content (AvgIpc) is 3.18. The van der Waals surface area contributed by atoms with Crippen molar-refractivity contribution in [3.8, 4) is 11.5 Å². The molecule has 2 aromatic carbocycles. The largest absolute Gasteiger partial charge is 0.454 e. The van der Waals surface area contributed by atoms with Gasteiger partial charge in [-0.25, -0.2) is 14.4 Å². The lowest BCUT2D eigenvalue weighted by Gasteiger charge is -2.28. The highest BCUT2D eigenvalue weighted by atomic mass is 19.1. The van der Waals surface area contributed by atoms with E-state index in [0.717, 1.165) is 35.7 Å². The van der Waals surface area contributed by atoms with E-state index in [9.17, 15) is 4.39 Å². The summed E-state index contributed by atoms with van der Waals surface area (Å²) in [6, 6.07) is 12.6. The number of fused-ring (bicyclic) bond motifs is 2. The van der Waals surface area contributed by atoms with Crippen molar-refractivity contribution >= 4 is 11.6 Å². The molecule has 3 aromatic rings. The predicted molar refractivity (Wildman–Crippen MR) is 102 cm³/mol. The first kappa shape index (κ1) is 16.9. The first-order chi connectivity index (χ1) is 13.7. The van der Waals surface area contributed by atoms with Crippen LogP contribution in [0.25, 0.3) is 0 Å². The number of hydrogen-bond acceptors (Lipinski definition) is 6. The van der Waals surface area contributed by atoms with Gasteiger partial charge in [0, 0.05) is 55.1 Å². The Kier molecular flexibility index (Phi) is 4.29. The molecule has 28 heavy (non-hydrogen) atoms. The molecule has 0 saturated carbocycles. The molecule has 0 saturated heterocycles. The van der Waals surface area contributed by atoms with Crippen LogP contribution < -0.4 is 14.8 Å². The second kappa shape index (κ2) is 7.09. The molecular formula is C21H19FN4O2. The molecule has 0 aliphatic carbocycles. The fraction of sp³-hybridized carbons (Fsp3) is 0.238. The molecule has 5 rings (SSSR count). The van der Waals surface area contributed by atoms with Crippen molar-refractivity contribution < 1.29 is 13.9 Å². The maximum atomic E-state index is 13.9. The van der Waals surface area contributed by atoms with Crippen molar-refractivity contribution in [3.63, 3.8) is 0 Å². The van der Waals surface area contributed by atoms with Gasteiger partial charge >= 0.3 is 0 Å². The average molecular weight is 378 g/mol. The van der Waals surface area contributed by atoms with Crippen LogP contribution in [0.5, 0.6) is 11.5 Å². The van der Waals surface area contributed by atoms with Crippen molar-refractivity contribution in [1.29, 1.82) is 0 Å². The van der Waals surface area contributed by atoms with Crippen LogP contribution in [-0.2, 0) is 19.5 Å². The van der Waals surface area contributed by atoms with Crippen LogP contribution in [0.15, 0.2) is 48.7 Å². The topological polar surface area (TPSA) is 59.5 Å². The van der Waals surface area contributed by atoms with Gasteiger partial charge in [0.15, 0.2) is 11.5 Å². The SMILES string of the molecule is Fc1ccccc1CN1CCc2nc(Nc3ccc4c(c3)OCO4)ncc2C1. The van der Waals surface area contributed by atoms with E-state index in [1.165, 1.54) is 6.07 Å². The number of anilines is 2. The Morgan fingerprint density at radius 2 is 2.00 bits per heavy atom. The minimum Gasteiger partial charge on any atom is -0.454 e. The molecule has 0 fully saturated rings. The van der Waals surface area contributed by atoms with Gasteiger partial charge in [0.05, 0.1) is 5.69 Å².